The molecule has 1 spiro atoms. The summed E-state index contributed by atoms with van der Waals surface area (Å²) in [7, 11) is 1.67. The fourth-order valence-electron chi connectivity index (χ4n) is 3.89. The summed E-state index contributed by atoms with van der Waals surface area (Å²) >= 11 is 0. The number of oxazole rings is 1. The summed E-state index contributed by atoms with van der Waals surface area (Å²) < 4.78 is 11.2. The number of benzene rings is 1. The number of methoxy groups -OCH3 is 1. The van der Waals surface area contributed by atoms with Crippen LogP contribution >= 0.6 is 0 Å². The van der Waals surface area contributed by atoms with Crippen molar-refractivity contribution in [3.63, 3.8) is 0 Å². The van der Waals surface area contributed by atoms with E-state index in [0.717, 1.165) is 49.1 Å². The second kappa shape index (κ2) is 5.98. The van der Waals surface area contributed by atoms with E-state index < -0.39 is 0 Å². The van der Waals surface area contributed by atoms with Gasteiger partial charge in [-0.1, -0.05) is 0 Å². The van der Waals surface area contributed by atoms with Gasteiger partial charge in [-0.25, -0.2) is 4.98 Å². The van der Waals surface area contributed by atoms with Crippen LogP contribution in [0.4, 0.5) is 0 Å². The molecule has 2 aromatic rings. The molecule has 5 heteroatoms. The SMILES string of the molecule is COc1ccc(-c2cnc(CN3CCCC34CCNC4)o2)cc1. The van der Waals surface area contributed by atoms with Gasteiger partial charge in [0.15, 0.2) is 5.76 Å². The zero-order valence-electron chi connectivity index (χ0n) is 13.5. The lowest BCUT2D eigenvalue weighted by Gasteiger charge is -2.33. The molecule has 4 rings (SSSR count). The van der Waals surface area contributed by atoms with Gasteiger partial charge in [-0.2, -0.15) is 0 Å². The van der Waals surface area contributed by atoms with Crippen LogP contribution in [0.1, 0.15) is 25.2 Å². The molecular weight excluding hydrogens is 290 g/mol. The first-order valence-electron chi connectivity index (χ1n) is 8.34. The Labute approximate surface area is 136 Å². The summed E-state index contributed by atoms with van der Waals surface area (Å²) in [5.74, 6) is 2.48. The lowest BCUT2D eigenvalue weighted by Crippen LogP contribution is -2.45. The van der Waals surface area contributed by atoms with Crippen molar-refractivity contribution in [3.8, 4) is 17.1 Å². The van der Waals surface area contributed by atoms with Crippen LogP contribution in [0.5, 0.6) is 5.75 Å². The first kappa shape index (κ1) is 14.7. The van der Waals surface area contributed by atoms with Gasteiger partial charge >= 0.3 is 0 Å². The topological polar surface area (TPSA) is 50.5 Å². The van der Waals surface area contributed by atoms with Gasteiger partial charge in [-0.15, -0.1) is 0 Å². The third kappa shape index (κ3) is 2.75. The molecule has 1 atom stereocenters. The van der Waals surface area contributed by atoms with Crippen LogP contribution < -0.4 is 10.1 Å². The van der Waals surface area contributed by atoms with Crippen LogP contribution in [0.25, 0.3) is 11.3 Å². The third-order valence-corrected chi connectivity index (χ3v) is 5.22. The second-order valence-corrected chi connectivity index (χ2v) is 6.52. The van der Waals surface area contributed by atoms with Gasteiger partial charge in [0.25, 0.3) is 0 Å². The predicted octanol–water partition coefficient (Wildman–Crippen LogP) is 2.68. The Morgan fingerprint density at radius 3 is 2.91 bits per heavy atom. The van der Waals surface area contributed by atoms with Gasteiger partial charge in [0.2, 0.25) is 5.89 Å². The zero-order chi connectivity index (χ0) is 15.7. The molecule has 23 heavy (non-hydrogen) atoms. The molecule has 3 heterocycles. The van der Waals surface area contributed by atoms with Crippen molar-refractivity contribution in [2.75, 3.05) is 26.7 Å². The summed E-state index contributed by atoms with van der Waals surface area (Å²) in [6, 6.07) is 7.89. The minimum atomic E-state index is 0.328. The number of aromatic nitrogens is 1. The molecule has 0 bridgehead atoms. The molecule has 1 aromatic heterocycles. The molecule has 0 radical (unpaired) electrons. The quantitative estimate of drug-likeness (QED) is 0.940. The lowest BCUT2D eigenvalue weighted by atomic mass is 9.95. The lowest BCUT2D eigenvalue weighted by molar-refractivity contribution is 0.135. The maximum absolute atomic E-state index is 5.99. The van der Waals surface area contributed by atoms with E-state index in [1.165, 1.54) is 19.3 Å². The van der Waals surface area contributed by atoms with Crippen LogP contribution in [0, 0.1) is 0 Å². The molecule has 1 aromatic carbocycles. The normalized spacial score (nSPS) is 24.6. The van der Waals surface area contributed by atoms with E-state index >= 15 is 0 Å². The number of likely N-dealkylation sites (tertiary alicyclic amines) is 1. The van der Waals surface area contributed by atoms with Crippen molar-refractivity contribution in [2.45, 2.75) is 31.3 Å². The van der Waals surface area contributed by atoms with Crippen molar-refractivity contribution >= 4 is 0 Å². The van der Waals surface area contributed by atoms with Crippen LogP contribution in [0.2, 0.25) is 0 Å². The van der Waals surface area contributed by atoms with Gasteiger partial charge in [0, 0.05) is 17.6 Å². The smallest absolute Gasteiger partial charge is 0.209 e. The Balaban J connectivity index is 1.49. The molecule has 2 fully saturated rings. The standard InChI is InChI=1S/C18H23N3O2/c1-22-15-5-3-14(4-6-15)16-11-20-17(23-16)12-21-10-2-7-18(21)8-9-19-13-18/h3-6,11,19H,2,7-10,12-13H2,1H3. The Morgan fingerprint density at radius 2 is 2.17 bits per heavy atom. The van der Waals surface area contributed by atoms with Crippen LogP contribution in [0.15, 0.2) is 34.9 Å². The van der Waals surface area contributed by atoms with Crippen molar-refractivity contribution in [1.29, 1.82) is 0 Å². The molecule has 122 valence electrons. The average Bonchev–Trinajstić information content (AvgIpc) is 3.32. The number of nitrogens with one attached hydrogen (secondary N) is 1. The van der Waals surface area contributed by atoms with E-state index in [-0.39, 0.29) is 0 Å². The number of ether oxygens (including phenoxy) is 1. The summed E-state index contributed by atoms with van der Waals surface area (Å²) in [6.45, 7) is 4.16. The Kier molecular flexibility index (Phi) is 3.83. The molecule has 0 saturated carbocycles. The van der Waals surface area contributed by atoms with Crippen LogP contribution in [0.3, 0.4) is 0 Å². The Hall–Kier alpha value is -1.85. The maximum atomic E-state index is 5.99. The first-order chi connectivity index (χ1) is 11.3. The third-order valence-electron chi connectivity index (χ3n) is 5.22. The van der Waals surface area contributed by atoms with E-state index in [2.05, 4.69) is 15.2 Å². The number of hydrogen-bond donors (Lipinski definition) is 1. The fourth-order valence-corrected chi connectivity index (χ4v) is 3.89. The van der Waals surface area contributed by atoms with E-state index in [1.54, 1.807) is 7.11 Å². The van der Waals surface area contributed by atoms with E-state index in [9.17, 15) is 0 Å². The highest BCUT2D eigenvalue weighted by molar-refractivity contribution is 5.57. The monoisotopic (exact) mass is 313 g/mol. The molecule has 0 amide bonds. The van der Waals surface area contributed by atoms with Gasteiger partial charge in [-0.05, 0) is 56.6 Å². The zero-order valence-corrected chi connectivity index (χ0v) is 13.5. The first-order valence-corrected chi connectivity index (χ1v) is 8.34. The van der Waals surface area contributed by atoms with E-state index in [4.69, 9.17) is 9.15 Å². The highest BCUT2D eigenvalue weighted by Crippen LogP contribution is 2.35. The van der Waals surface area contributed by atoms with Gasteiger partial charge < -0.3 is 14.5 Å². The minimum Gasteiger partial charge on any atom is -0.497 e. The van der Waals surface area contributed by atoms with Gasteiger partial charge in [-0.3, -0.25) is 4.90 Å². The molecule has 1 unspecified atom stereocenters. The number of nitrogens with zero attached hydrogens (tertiary/aromatic N) is 2. The number of rotatable bonds is 4. The highest BCUT2D eigenvalue weighted by Gasteiger charge is 2.43. The second-order valence-electron chi connectivity index (χ2n) is 6.52. The van der Waals surface area contributed by atoms with Crippen LogP contribution in [-0.2, 0) is 6.54 Å². The summed E-state index contributed by atoms with van der Waals surface area (Å²) in [5, 5.41) is 3.51. The van der Waals surface area contributed by atoms with Crippen molar-refractivity contribution in [1.82, 2.24) is 15.2 Å². The molecule has 1 N–H and O–H groups in total. The Morgan fingerprint density at radius 1 is 1.30 bits per heavy atom. The van der Waals surface area contributed by atoms with Gasteiger partial charge in [0.1, 0.15) is 5.75 Å². The fraction of sp³-hybridized carbons (Fsp3) is 0.500. The van der Waals surface area contributed by atoms with Crippen LogP contribution in [-0.4, -0.2) is 42.2 Å². The Bertz CT molecular complexity index is 654. The highest BCUT2D eigenvalue weighted by atomic mass is 16.5. The minimum absolute atomic E-state index is 0.328. The maximum Gasteiger partial charge on any atom is 0.209 e. The molecule has 2 aliphatic heterocycles. The predicted molar refractivity (Wildman–Crippen MR) is 88.4 cm³/mol. The average molecular weight is 313 g/mol. The summed E-state index contributed by atoms with van der Waals surface area (Å²) in [5.41, 5.74) is 1.36. The van der Waals surface area contributed by atoms with E-state index in [0.29, 0.717) is 5.54 Å². The van der Waals surface area contributed by atoms with Crippen molar-refractivity contribution in [3.05, 3.63) is 36.4 Å². The molecule has 5 nitrogen and oxygen atoms in total. The number of hydrogen-bond acceptors (Lipinski definition) is 5. The van der Waals surface area contributed by atoms with Crippen molar-refractivity contribution in [2.24, 2.45) is 0 Å². The molecule has 2 aliphatic rings. The summed E-state index contributed by atoms with van der Waals surface area (Å²) in [4.78, 5) is 7.05. The molecule has 0 aliphatic carbocycles. The molecule has 2 saturated heterocycles. The van der Waals surface area contributed by atoms with Crippen molar-refractivity contribution < 1.29 is 9.15 Å². The van der Waals surface area contributed by atoms with E-state index in [1.807, 2.05) is 30.5 Å². The summed E-state index contributed by atoms with van der Waals surface area (Å²) in [6.07, 6.45) is 5.62. The largest absolute Gasteiger partial charge is 0.497 e. The molecular formula is C18H23N3O2. The van der Waals surface area contributed by atoms with Gasteiger partial charge in [0.05, 0.1) is 19.9 Å².